The topological polar surface area (TPSA) is 21.1 Å². The molecule has 1 aliphatic heterocycles. The van der Waals surface area contributed by atoms with Crippen LogP contribution in [-0.2, 0) is 6.54 Å². The molecule has 2 aromatic heterocycles. The molecule has 132 valence electrons. The van der Waals surface area contributed by atoms with E-state index in [0.29, 0.717) is 0 Å². The van der Waals surface area contributed by atoms with Gasteiger partial charge in [-0.3, -0.25) is 4.98 Å². The molecule has 1 saturated heterocycles. The number of aryl methyl sites for hydroxylation is 1. The van der Waals surface area contributed by atoms with Crippen molar-refractivity contribution < 1.29 is 0 Å². The van der Waals surface area contributed by atoms with Crippen molar-refractivity contribution in [1.29, 1.82) is 0 Å². The molecular formula is C22H29N3. The molecule has 0 aliphatic carbocycles. The van der Waals surface area contributed by atoms with Gasteiger partial charge in [0.2, 0.25) is 0 Å². The molecule has 3 aromatic rings. The summed E-state index contributed by atoms with van der Waals surface area (Å²) in [4.78, 5) is 6.99. The quantitative estimate of drug-likeness (QED) is 0.658. The van der Waals surface area contributed by atoms with E-state index in [1.807, 2.05) is 12.4 Å². The number of pyridine rings is 1. The number of aromatic nitrogens is 2. The van der Waals surface area contributed by atoms with E-state index in [2.05, 4.69) is 58.6 Å². The first-order chi connectivity index (χ1) is 12.2. The molecule has 3 heterocycles. The largest absolute Gasteiger partial charge is 0.340 e. The second-order valence-corrected chi connectivity index (χ2v) is 7.84. The van der Waals surface area contributed by atoms with E-state index < -0.39 is 0 Å². The van der Waals surface area contributed by atoms with E-state index in [0.717, 1.165) is 18.4 Å². The van der Waals surface area contributed by atoms with Crippen LogP contribution in [0.1, 0.15) is 33.1 Å². The summed E-state index contributed by atoms with van der Waals surface area (Å²) < 4.78 is 2.48. The Morgan fingerprint density at radius 1 is 1.00 bits per heavy atom. The third-order valence-corrected chi connectivity index (χ3v) is 6.00. The maximum absolute atomic E-state index is 4.33. The Kier molecular flexibility index (Phi) is 4.76. The molecule has 0 unspecified atom stereocenters. The molecule has 1 aliphatic rings. The Balaban J connectivity index is 1.45. The number of piperidine rings is 1. The van der Waals surface area contributed by atoms with Gasteiger partial charge in [-0.2, -0.15) is 0 Å². The van der Waals surface area contributed by atoms with Crippen LogP contribution in [0.2, 0.25) is 0 Å². The molecular weight excluding hydrogens is 306 g/mol. The summed E-state index contributed by atoms with van der Waals surface area (Å²) in [6.07, 6.45) is 7.87. The van der Waals surface area contributed by atoms with Crippen LogP contribution in [0.5, 0.6) is 0 Å². The van der Waals surface area contributed by atoms with Crippen molar-refractivity contribution in [2.45, 2.75) is 39.7 Å². The van der Waals surface area contributed by atoms with Gasteiger partial charge in [-0.15, -0.1) is 0 Å². The van der Waals surface area contributed by atoms with Crippen LogP contribution in [-0.4, -0.2) is 34.1 Å². The summed E-state index contributed by atoms with van der Waals surface area (Å²) >= 11 is 0. The molecule has 3 heteroatoms. The summed E-state index contributed by atoms with van der Waals surface area (Å²) in [5.41, 5.74) is 2.65. The van der Waals surface area contributed by atoms with Gasteiger partial charge in [-0.1, -0.05) is 32.0 Å². The van der Waals surface area contributed by atoms with Crippen LogP contribution in [0, 0.1) is 11.8 Å². The Morgan fingerprint density at radius 2 is 1.76 bits per heavy atom. The zero-order valence-electron chi connectivity index (χ0n) is 15.5. The standard InChI is InChI=1S/C22H29N3/c1-17(2)18-9-14-24(15-10-18)12-5-13-25-21-7-4-3-6-19(21)20-16-23-11-8-22(20)25/h3-4,6-8,11,16-18H,5,9-10,12-15H2,1-2H3. The minimum absolute atomic E-state index is 0.841. The van der Waals surface area contributed by atoms with Crippen molar-refractivity contribution in [2.75, 3.05) is 19.6 Å². The Hall–Kier alpha value is -1.87. The molecule has 0 atom stereocenters. The monoisotopic (exact) mass is 335 g/mol. The summed E-state index contributed by atoms with van der Waals surface area (Å²) in [5, 5.41) is 2.60. The van der Waals surface area contributed by atoms with E-state index in [1.165, 1.54) is 60.7 Å². The predicted octanol–water partition coefficient (Wildman–Crippen LogP) is 4.95. The van der Waals surface area contributed by atoms with Gasteiger partial charge in [0.25, 0.3) is 0 Å². The molecule has 25 heavy (non-hydrogen) atoms. The van der Waals surface area contributed by atoms with Gasteiger partial charge >= 0.3 is 0 Å². The molecule has 3 nitrogen and oxygen atoms in total. The van der Waals surface area contributed by atoms with E-state index in [4.69, 9.17) is 0 Å². The van der Waals surface area contributed by atoms with Gasteiger partial charge in [0.1, 0.15) is 0 Å². The zero-order valence-corrected chi connectivity index (χ0v) is 15.5. The highest BCUT2D eigenvalue weighted by atomic mass is 15.1. The summed E-state index contributed by atoms with van der Waals surface area (Å²) in [6, 6.07) is 10.9. The Morgan fingerprint density at radius 3 is 2.56 bits per heavy atom. The second kappa shape index (κ2) is 7.17. The lowest BCUT2D eigenvalue weighted by Crippen LogP contribution is -2.36. The van der Waals surface area contributed by atoms with Gasteiger partial charge in [-0.25, -0.2) is 0 Å². The number of likely N-dealkylation sites (tertiary alicyclic amines) is 1. The van der Waals surface area contributed by atoms with Crippen LogP contribution < -0.4 is 0 Å². The fraction of sp³-hybridized carbons (Fsp3) is 0.500. The Labute approximate surface area is 150 Å². The van der Waals surface area contributed by atoms with Crippen LogP contribution >= 0.6 is 0 Å². The highest BCUT2D eigenvalue weighted by molar-refractivity contribution is 6.07. The second-order valence-electron chi connectivity index (χ2n) is 7.84. The average molecular weight is 335 g/mol. The Bertz CT molecular complexity index is 787. The first-order valence-electron chi connectivity index (χ1n) is 9.77. The number of fused-ring (bicyclic) bond motifs is 3. The molecule has 0 amide bonds. The van der Waals surface area contributed by atoms with Gasteiger partial charge < -0.3 is 9.47 Å². The van der Waals surface area contributed by atoms with Crippen LogP contribution in [0.25, 0.3) is 21.8 Å². The average Bonchev–Trinajstić information content (AvgIpc) is 2.97. The van der Waals surface area contributed by atoms with Gasteiger partial charge in [0.05, 0.1) is 5.52 Å². The van der Waals surface area contributed by atoms with E-state index in [9.17, 15) is 0 Å². The van der Waals surface area contributed by atoms with Gasteiger partial charge in [-0.05, 0) is 62.9 Å². The smallest absolute Gasteiger partial charge is 0.0522 e. The zero-order chi connectivity index (χ0) is 17.2. The molecule has 0 saturated carbocycles. The summed E-state index contributed by atoms with van der Waals surface area (Å²) in [5.74, 6) is 1.77. The van der Waals surface area contributed by atoms with Crippen molar-refractivity contribution in [2.24, 2.45) is 11.8 Å². The van der Waals surface area contributed by atoms with Crippen molar-refractivity contribution in [1.82, 2.24) is 14.5 Å². The molecule has 1 aromatic carbocycles. The molecule has 4 rings (SSSR count). The van der Waals surface area contributed by atoms with Gasteiger partial charge in [0, 0.05) is 35.2 Å². The van der Waals surface area contributed by atoms with Crippen molar-refractivity contribution >= 4 is 21.8 Å². The number of benzene rings is 1. The number of hydrogen-bond donors (Lipinski definition) is 0. The number of hydrogen-bond acceptors (Lipinski definition) is 2. The fourth-order valence-corrected chi connectivity index (χ4v) is 4.43. The fourth-order valence-electron chi connectivity index (χ4n) is 4.43. The normalized spacial score (nSPS) is 17.1. The maximum Gasteiger partial charge on any atom is 0.0522 e. The summed E-state index contributed by atoms with van der Waals surface area (Å²) in [7, 11) is 0. The highest BCUT2D eigenvalue weighted by Gasteiger charge is 2.21. The third-order valence-electron chi connectivity index (χ3n) is 6.00. The molecule has 0 bridgehead atoms. The lowest BCUT2D eigenvalue weighted by Gasteiger charge is -2.33. The summed E-state index contributed by atoms with van der Waals surface area (Å²) in [6.45, 7) is 9.59. The molecule has 0 spiro atoms. The lowest BCUT2D eigenvalue weighted by molar-refractivity contribution is 0.155. The number of para-hydroxylation sites is 1. The van der Waals surface area contributed by atoms with Crippen molar-refractivity contribution in [3.63, 3.8) is 0 Å². The first-order valence-corrected chi connectivity index (χ1v) is 9.77. The maximum atomic E-state index is 4.33. The molecule has 1 fully saturated rings. The minimum atomic E-state index is 0.841. The molecule has 0 radical (unpaired) electrons. The van der Waals surface area contributed by atoms with Crippen molar-refractivity contribution in [3.05, 3.63) is 42.7 Å². The van der Waals surface area contributed by atoms with E-state index in [-0.39, 0.29) is 0 Å². The molecule has 0 N–H and O–H groups in total. The van der Waals surface area contributed by atoms with E-state index in [1.54, 1.807) is 0 Å². The lowest BCUT2D eigenvalue weighted by atomic mass is 9.87. The SMILES string of the molecule is CC(C)C1CCN(CCCn2c3ccccc3c3cnccc32)CC1. The predicted molar refractivity (Wildman–Crippen MR) is 106 cm³/mol. The first kappa shape index (κ1) is 16.6. The van der Waals surface area contributed by atoms with Crippen LogP contribution in [0.3, 0.4) is 0 Å². The number of nitrogens with zero attached hydrogens (tertiary/aromatic N) is 3. The van der Waals surface area contributed by atoms with Crippen molar-refractivity contribution in [3.8, 4) is 0 Å². The van der Waals surface area contributed by atoms with Crippen LogP contribution in [0.15, 0.2) is 42.7 Å². The van der Waals surface area contributed by atoms with Crippen LogP contribution in [0.4, 0.5) is 0 Å². The number of rotatable bonds is 5. The highest BCUT2D eigenvalue weighted by Crippen LogP contribution is 2.28. The van der Waals surface area contributed by atoms with E-state index >= 15 is 0 Å². The minimum Gasteiger partial charge on any atom is -0.340 e. The van der Waals surface area contributed by atoms with Gasteiger partial charge in [0.15, 0.2) is 0 Å². The third kappa shape index (κ3) is 3.30.